The molecule has 3 rings (SSSR count). The van der Waals surface area contributed by atoms with Gasteiger partial charge in [0.1, 0.15) is 0 Å². The summed E-state index contributed by atoms with van der Waals surface area (Å²) in [6.07, 6.45) is 4.71. The van der Waals surface area contributed by atoms with E-state index >= 15 is 0 Å². The summed E-state index contributed by atoms with van der Waals surface area (Å²) < 4.78 is 11.3. The zero-order valence-corrected chi connectivity index (χ0v) is 10.5. The lowest BCUT2D eigenvalue weighted by molar-refractivity contribution is 0.297. The molecule has 0 amide bonds. The van der Waals surface area contributed by atoms with E-state index in [2.05, 4.69) is 17.6 Å². The summed E-state index contributed by atoms with van der Waals surface area (Å²) in [6.45, 7) is 1.45. The smallest absolute Gasteiger partial charge is 0.161 e. The van der Waals surface area contributed by atoms with Crippen LogP contribution in [0.1, 0.15) is 37.3 Å². The molecule has 0 spiro atoms. The molecule has 1 saturated carbocycles. The summed E-state index contributed by atoms with van der Waals surface area (Å²) in [5.74, 6) is 8.19. The summed E-state index contributed by atoms with van der Waals surface area (Å²) in [5.41, 5.74) is 4.10. The Labute approximate surface area is 107 Å². The number of nitrogens with one attached hydrogen (secondary N) is 1. The molecule has 1 unspecified atom stereocenters. The molecule has 0 radical (unpaired) electrons. The molecule has 1 atom stereocenters. The maximum absolute atomic E-state index is 5.71. The summed E-state index contributed by atoms with van der Waals surface area (Å²) in [5, 5.41) is 0. The Kier molecular flexibility index (Phi) is 3.39. The molecular weight excluding hydrogens is 228 g/mol. The first-order valence-electron chi connectivity index (χ1n) is 6.72. The quantitative estimate of drug-likeness (QED) is 0.633. The number of fused-ring (bicyclic) bond motifs is 1. The summed E-state index contributed by atoms with van der Waals surface area (Å²) >= 11 is 0. The van der Waals surface area contributed by atoms with Gasteiger partial charge in [0.15, 0.2) is 11.5 Å². The zero-order valence-electron chi connectivity index (χ0n) is 10.5. The highest BCUT2D eigenvalue weighted by Gasteiger charge is 2.26. The van der Waals surface area contributed by atoms with Gasteiger partial charge < -0.3 is 9.47 Å². The van der Waals surface area contributed by atoms with Gasteiger partial charge in [-0.05, 0) is 30.0 Å². The first-order valence-corrected chi connectivity index (χ1v) is 6.72. The molecule has 4 nitrogen and oxygen atoms in total. The lowest BCUT2D eigenvalue weighted by Crippen LogP contribution is -2.28. The summed E-state index contributed by atoms with van der Waals surface area (Å²) in [6, 6.07) is 6.36. The average Bonchev–Trinajstić information content (AvgIpc) is 3.22. The maximum Gasteiger partial charge on any atom is 0.161 e. The van der Waals surface area contributed by atoms with Crippen molar-refractivity contribution in [2.24, 2.45) is 11.8 Å². The van der Waals surface area contributed by atoms with Crippen molar-refractivity contribution in [3.63, 3.8) is 0 Å². The van der Waals surface area contributed by atoms with Crippen molar-refractivity contribution in [2.45, 2.75) is 31.7 Å². The van der Waals surface area contributed by atoms with Crippen LogP contribution in [0.4, 0.5) is 0 Å². The van der Waals surface area contributed by atoms with Gasteiger partial charge in [-0.25, -0.2) is 0 Å². The standard InChI is InChI=1S/C14H20N2O2/c15-16-12(8-10-2-3-10)11-4-5-13-14(9-11)18-7-1-6-17-13/h4-5,9-10,12,16H,1-3,6-8,15H2. The predicted octanol–water partition coefficient (Wildman–Crippen LogP) is 2.15. The van der Waals surface area contributed by atoms with Gasteiger partial charge in [-0.2, -0.15) is 0 Å². The third-order valence-electron chi connectivity index (χ3n) is 3.64. The van der Waals surface area contributed by atoms with E-state index in [4.69, 9.17) is 15.3 Å². The number of hydrogen-bond donors (Lipinski definition) is 2. The topological polar surface area (TPSA) is 56.5 Å². The molecule has 1 aliphatic carbocycles. The number of benzene rings is 1. The zero-order chi connectivity index (χ0) is 12.4. The van der Waals surface area contributed by atoms with E-state index in [1.54, 1.807) is 0 Å². The molecule has 1 aliphatic heterocycles. The number of rotatable bonds is 4. The van der Waals surface area contributed by atoms with Crippen molar-refractivity contribution in [1.29, 1.82) is 0 Å². The van der Waals surface area contributed by atoms with Crippen molar-refractivity contribution < 1.29 is 9.47 Å². The van der Waals surface area contributed by atoms with Gasteiger partial charge in [0.2, 0.25) is 0 Å². The van der Waals surface area contributed by atoms with Crippen LogP contribution in [-0.4, -0.2) is 13.2 Å². The lowest BCUT2D eigenvalue weighted by Gasteiger charge is -2.17. The van der Waals surface area contributed by atoms with Gasteiger partial charge >= 0.3 is 0 Å². The van der Waals surface area contributed by atoms with Gasteiger partial charge in [0.25, 0.3) is 0 Å². The molecular formula is C14H20N2O2. The molecule has 1 fully saturated rings. The molecule has 0 bridgehead atoms. The fraction of sp³-hybridized carbons (Fsp3) is 0.571. The highest BCUT2D eigenvalue weighted by Crippen LogP contribution is 2.39. The van der Waals surface area contributed by atoms with E-state index in [0.717, 1.165) is 43.5 Å². The maximum atomic E-state index is 5.71. The van der Waals surface area contributed by atoms with Crippen LogP contribution in [0.2, 0.25) is 0 Å². The van der Waals surface area contributed by atoms with Crippen LogP contribution < -0.4 is 20.7 Å². The van der Waals surface area contributed by atoms with Gasteiger partial charge in [-0.1, -0.05) is 18.9 Å². The molecule has 0 aromatic heterocycles. The van der Waals surface area contributed by atoms with Crippen LogP contribution >= 0.6 is 0 Å². The van der Waals surface area contributed by atoms with Crippen molar-refractivity contribution in [2.75, 3.05) is 13.2 Å². The third-order valence-corrected chi connectivity index (χ3v) is 3.64. The second-order valence-corrected chi connectivity index (χ2v) is 5.15. The molecule has 2 aliphatic rings. The molecule has 3 N–H and O–H groups in total. The van der Waals surface area contributed by atoms with Crippen LogP contribution in [0.15, 0.2) is 18.2 Å². The highest BCUT2D eigenvalue weighted by molar-refractivity contribution is 5.44. The second kappa shape index (κ2) is 5.16. The van der Waals surface area contributed by atoms with Crippen molar-refractivity contribution in [3.05, 3.63) is 23.8 Å². The molecule has 1 aromatic carbocycles. The van der Waals surface area contributed by atoms with Crippen LogP contribution in [0.5, 0.6) is 11.5 Å². The first-order chi connectivity index (χ1) is 8.86. The van der Waals surface area contributed by atoms with E-state index in [0.29, 0.717) is 0 Å². The minimum absolute atomic E-state index is 0.217. The van der Waals surface area contributed by atoms with Crippen LogP contribution in [0, 0.1) is 5.92 Å². The largest absolute Gasteiger partial charge is 0.490 e. The van der Waals surface area contributed by atoms with Crippen molar-refractivity contribution in [1.82, 2.24) is 5.43 Å². The Morgan fingerprint density at radius 1 is 1.22 bits per heavy atom. The minimum atomic E-state index is 0.217. The van der Waals surface area contributed by atoms with Gasteiger partial charge in [0, 0.05) is 12.5 Å². The molecule has 98 valence electrons. The number of hydrogen-bond acceptors (Lipinski definition) is 4. The Balaban J connectivity index is 1.80. The minimum Gasteiger partial charge on any atom is -0.490 e. The monoisotopic (exact) mass is 248 g/mol. The molecule has 1 aromatic rings. The Morgan fingerprint density at radius 2 is 2.00 bits per heavy atom. The molecule has 4 heteroatoms. The van der Waals surface area contributed by atoms with Gasteiger partial charge in [0.05, 0.1) is 13.2 Å². The molecule has 1 heterocycles. The number of ether oxygens (including phenoxy) is 2. The Morgan fingerprint density at radius 3 is 2.72 bits per heavy atom. The summed E-state index contributed by atoms with van der Waals surface area (Å²) in [7, 11) is 0. The fourth-order valence-electron chi connectivity index (χ4n) is 2.38. The third kappa shape index (κ3) is 2.60. The number of hydrazine groups is 1. The van der Waals surface area contributed by atoms with Crippen LogP contribution in [-0.2, 0) is 0 Å². The normalized spacial score (nSPS) is 20.3. The highest BCUT2D eigenvalue weighted by atomic mass is 16.5. The van der Waals surface area contributed by atoms with E-state index < -0.39 is 0 Å². The molecule has 18 heavy (non-hydrogen) atoms. The Bertz CT molecular complexity index is 418. The Hall–Kier alpha value is -1.26. The number of nitrogens with two attached hydrogens (primary N) is 1. The van der Waals surface area contributed by atoms with Crippen LogP contribution in [0.25, 0.3) is 0 Å². The average molecular weight is 248 g/mol. The van der Waals surface area contributed by atoms with E-state index in [1.807, 2.05) is 6.07 Å². The predicted molar refractivity (Wildman–Crippen MR) is 69.5 cm³/mol. The molecule has 0 saturated heterocycles. The first kappa shape index (κ1) is 11.8. The van der Waals surface area contributed by atoms with E-state index in [9.17, 15) is 0 Å². The van der Waals surface area contributed by atoms with Gasteiger partial charge in [-0.15, -0.1) is 0 Å². The van der Waals surface area contributed by atoms with Gasteiger partial charge in [-0.3, -0.25) is 11.3 Å². The van der Waals surface area contributed by atoms with E-state index in [1.165, 1.54) is 18.4 Å². The van der Waals surface area contributed by atoms with Crippen molar-refractivity contribution in [3.8, 4) is 11.5 Å². The second-order valence-electron chi connectivity index (χ2n) is 5.15. The lowest BCUT2D eigenvalue weighted by atomic mass is 10.0. The van der Waals surface area contributed by atoms with E-state index in [-0.39, 0.29) is 6.04 Å². The van der Waals surface area contributed by atoms with Crippen molar-refractivity contribution >= 4 is 0 Å². The fourth-order valence-corrected chi connectivity index (χ4v) is 2.38. The van der Waals surface area contributed by atoms with Crippen LogP contribution in [0.3, 0.4) is 0 Å². The summed E-state index contributed by atoms with van der Waals surface area (Å²) in [4.78, 5) is 0. The SMILES string of the molecule is NNC(CC1CC1)c1ccc2c(c1)OCCCO2.